The summed E-state index contributed by atoms with van der Waals surface area (Å²) in [5.41, 5.74) is 2.24. The van der Waals surface area contributed by atoms with Crippen molar-refractivity contribution in [3.63, 3.8) is 0 Å². The van der Waals surface area contributed by atoms with E-state index in [2.05, 4.69) is 32.0 Å². The minimum absolute atomic E-state index is 0. The van der Waals surface area contributed by atoms with Crippen LogP contribution < -0.4 is 51.4 Å². The van der Waals surface area contributed by atoms with Gasteiger partial charge in [0.05, 0.1) is 4.90 Å². The topological polar surface area (TPSA) is 57.2 Å². The van der Waals surface area contributed by atoms with Gasteiger partial charge in [-0.05, 0) is 59.7 Å². The largest absolute Gasteiger partial charge is 1.00 e. The van der Waals surface area contributed by atoms with Gasteiger partial charge in [0.1, 0.15) is 10.1 Å². The van der Waals surface area contributed by atoms with Gasteiger partial charge in [-0.15, -0.1) is 0 Å². The molecule has 2 rings (SSSR count). The first kappa shape index (κ1) is 37.3. The van der Waals surface area contributed by atoms with E-state index >= 15 is 0 Å². The van der Waals surface area contributed by atoms with Crippen molar-refractivity contribution in [3.05, 3.63) is 41.5 Å². The quantitative estimate of drug-likeness (QED) is 0.0767. The Morgan fingerprint density at radius 2 is 1.00 bits per heavy atom. The van der Waals surface area contributed by atoms with Crippen LogP contribution in [0.5, 0.6) is 0 Å². The van der Waals surface area contributed by atoms with E-state index < -0.39 is 10.1 Å². The molecule has 0 saturated carbocycles. The van der Waals surface area contributed by atoms with Crippen LogP contribution in [0.25, 0.3) is 10.8 Å². The fourth-order valence-corrected chi connectivity index (χ4v) is 6.15. The van der Waals surface area contributed by atoms with Crippen LogP contribution in [0.1, 0.15) is 153 Å². The molecule has 2 aromatic rings. The number of hydrogen-bond donors (Lipinski definition) is 0. The SMILES string of the molecule is CCCCCCCCCCCCc1ccc2c(CCCCCCCCCCCC)cc(S(=O)(=O)[O-])cc2c1.[K+]. The zero-order valence-corrected chi connectivity index (χ0v) is 29.5. The van der Waals surface area contributed by atoms with E-state index in [0.717, 1.165) is 48.4 Å². The maximum Gasteiger partial charge on any atom is 1.00 e. The van der Waals surface area contributed by atoms with Crippen LogP contribution in [0.2, 0.25) is 0 Å². The summed E-state index contributed by atoms with van der Waals surface area (Å²) in [4.78, 5) is -0.0804. The molecule has 0 fully saturated rings. The second-order valence-electron chi connectivity index (χ2n) is 11.5. The summed E-state index contributed by atoms with van der Waals surface area (Å²) < 4.78 is 35.6. The second-order valence-corrected chi connectivity index (χ2v) is 12.8. The van der Waals surface area contributed by atoms with Crippen molar-refractivity contribution in [1.82, 2.24) is 0 Å². The van der Waals surface area contributed by atoms with Crippen molar-refractivity contribution in [3.8, 4) is 0 Å². The predicted octanol–water partition coefficient (Wildman–Crippen LogP) is 7.67. The predicted molar refractivity (Wildman–Crippen MR) is 163 cm³/mol. The molecular weight excluding hydrogens is 528 g/mol. The van der Waals surface area contributed by atoms with E-state index in [1.807, 2.05) is 0 Å². The van der Waals surface area contributed by atoms with Crippen LogP contribution in [0.4, 0.5) is 0 Å². The molecule has 0 aliphatic carbocycles. The van der Waals surface area contributed by atoms with E-state index in [-0.39, 0.29) is 56.3 Å². The van der Waals surface area contributed by atoms with Crippen LogP contribution in [0.3, 0.4) is 0 Å². The molecule has 39 heavy (non-hydrogen) atoms. The molecule has 3 nitrogen and oxygen atoms in total. The van der Waals surface area contributed by atoms with Gasteiger partial charge in [-0.1, -0.05) is 148 Å². The summed E-state index contributed by atoms with van der Waals surface area (Å²) in [5.74, 6) is 0. The number of unbranched alkanes of at least 4 members (excludes halogenated alkanes) is 18. The van der Waals surface area contributed by atoms with Gasteiger partial charge in [-0.3, -0.25) is 0 Å². The van der Waals surface area contributed by atoms with Crippen LogP contribution in [-0.2, 0) is 23.0 Å². The van der Waals surface area contributed by atoms with Gasteiger partial charge in [0.25, 0.3) is 0 Å². The first-order valence-corrected chi connectivity index (χ1v) is 17.4. The molecule has 0 aromatic heterocycles. The third kappa shape index (κ3) is 16.5. The maximum absolute atomic E-state index is 11.9. The molecular formula is C34H55KO3S. The minimum Gasteiger partial charge on any atom is -0.744 e. The summed E-state index contributed by atoms with van der Waals surface area (Å²) in [6, 6.07) is 9.67. The Morgan fingerprint density at radius 1 is 0.564 bits per heavy atom. The fourth-order valence-electron chi connectivity index (χ4n) is 5.59. The Kier molecular flexibility index (Phi) is 21.8. The summed E-state index contributed by atoms with van der Waals surface area (Å²) in [6.45, 7) is 4.52. The fraction of sp³-hybridized carbons (Fsp3) is 0.706. The molecule has 2 aromatic carbocycles. The Balaban J connectivity index is 0.00000760. The summed E-state index contributed by atoms with van der Waals surface area (Å²) in [7, 11) is -4.47. The Hall–Kier alpha value is 0.246. The molecule has 0 aliphatic heterocycles. The third-order valence-electron chi connectivity index (χ3n) is 7.98. The van der Waals surface area contributed by atoms with Crippen LogP contribution in [0.15, 0.2) is 35.2 Å². The van der Waals surface area contributed by atoms with Gasteiger partial charge in [-0.25, -0.2) is 8.42 Å². The van der Waals surface area contributed by atoms with E-state index in [9.17, 15) is 13.0 Å². The Bertz CT molecular complexity index is 1000. The third-order valence-corrected chi connectivity index (χ3v) is 8.80. The first-order valence-electron chi connectivity index (χ1n) is 16.0. The Labute approximate surface area is 283 Å². The van der Waals surface area contributed by atoms with Gasteiger partial charge >= 0.3 is 51.4 Å². The van der Waals surface area contributed by atoms with Crippen molar-refractivity contribution >= 4 is 20.9 Å². The smallest absolute Gasteiger partial charge is 0.744 e. The first-order chi connectivity index (χ1) is 18.5. The zero-order chi connectivity index (χ0) is 27.5. The molecule has 0 aliphatic rings. The van der Waals surface area contributed by atoms with Gasteiger partial charge < -0.3 is 4.55 Å². The number of hydrogen-bond acceptors (Lipinski definition) is 3. The van der Waals surface area contributed by atoms with Crippen LogP contribution in [-0.4, -0.2) is 13.0 Å². The second kappa shape index (κ2) is 22.8. The van der Waals surface area contributed by atoms with Gasteiger partial charge in [0, 0.05) is 0 Å². The van der Waals surface area contributed by atoms with Crippen molar-refractivity contribution in [2.45, 2.75) is 160 Å². The number of fused-ring (bicyclic) bond motifs is 1. The van der Waals surface area contributed by atoms with E-state index in [1.54, 1.807) is 12.1 Å². The van der Waals surface area contributed by atoms with E-state index in [4.69, 9.17) is 0 Å². The van der Waals surface area contributed by atoms with Crippen LogP contribution >= 0.6 is 0 Å². The zero-order valence-electron chi connectivity index (χ0n) is 25.6. The van der Waals surface area contributed by atoms with Crippen molar-refractivity contribution in [2.24, 2.45) is 0 Å². The molecule has 0 atom stereocenters. The molecule has 0 amide bonds. The minimum atomic E-state index is -4.47. The number of benzene rings is 2. The number of aryl methyl sites for hydroxylation is 2. The van der Waals surface area contributed by atoms with Crippen molar-refractivity contribution in [2.75, 3.05) is 0 Å². The summed E-state index contributed by atoms with van der Waals surface area (Å²) in [5, 5.41) is 1.99. The Morgan fingerprint density at radius 3 is 1.46 bits per heavy atom. The standard InChI is InChI=1S/C34H56O3S.K/c1-3-5-7-9-11-13-15-17-19-21-23-30-25-26-34-31(28-33(38(35,36)37)29-32(34)27-30)24-22-20-18-16-14-12-10-8-6-4-2;/h25-29H,3-24H2,1-2H3,(H,35,36,37);/q;+1/p-1. The van der Waals surface area contributed by atoms with E-state index in [1.165, 1.54) is 115 Å². The summed E-state index contributed by atoms with van der Waals surface area (Å²) in [6.07, 6.45) is 27.8. The molecule has 0 heterocycles. The molecule has 0 unspecified atom stereocenters. The normalized spacial score (nSPS) is 11.7. The molecule has 0 bridgehead atoms. The van der Waals surface area contributed by atoms with Crippen LogP contribution in [0, 0.1) is 0 Å². The average Bonchev–Trinajstić information content (AvgIpc) is 2.90. The molecule has 5 heteroatoms. The van der Waals surface area contributed by atoms with Gasteiger partial charge in [0.2, 0.25) is 0 Å². The van der Waals surface area contributed by atoms with Crippen molar-refractivity contribution < 1.29 is 64.4 Å². The van der Waals surface area contributed by atoms with Gasteiger partial charge in [-0.2, -0.15) is 0 Å². The van der Waals surface area contributed by atoms with Gasteiger partial charge in [0.15, 0.2) is 0 Å². The molecule has 0 saturated heterocycles. The molecule has 0 spiro atoms. The average molecular weight is 583 g/mol. The monoisotopic (exact) mass is 582 g/mol. The molecule has 216 valence electrons. The maximum atomic E-state index is 11.9. The van der Waals surface area contributed by atoms with Crippen molar-refractivity contribution in [1.29, 1.82) is 0 Å². The molecule has 0 radical (unpaired) electrons. The van der Waals surface area contributed by atoms with E-state index in [0.29, 0.717) is 0 Å². The number of rotatable bonds is 23. The summed E-state index contributed by atoms with van der Waals surface area (Å²) >= 11 is 0. The molecule has 0 N–H and O–H groups in total.